The monoisotopic (exact) mass is 555 g/mol. The molecule has 0 unspecified atom stereocenters. The Morgan fingerprint density at radius 2 is 1.46 bits per heavy atom. The Bertz CT molecular complexity index is 1650. The second-order valence-corrected chi connectivity index (χ2v) is 11.6. The molecule has 0 atom stereocenters. The molecule has 4 aromatic carbocycles. The molecule has 1 heterocycles. The Hall–Kier alpha value is -4.31. The van der Waals surface area contributed by atoms with E-state index in [9.17, 15) is 13.2 Å². The molecule has 5 rings (SSSR count). The van der Waals surface area contributed by atoms with Crippen LogP contribution in [-0.2, 0) is 16.6 Å². The van der Waals surface area contributed by atoms with Gasteiger partial charge in [-0.3, -0.25) is 10.1 Å². The molecule has 5 aromatic rings. The number of ether oxygens (including phenoxy) is 1. The smallest absolute Gasteiger partial charge is 0.257 e. The highest BCUT2D eigenvalue weighted by Crippen LogP contribution is 2.28. The van der Waals surface area contributed by atoms with Crippen LogP contribution in [0.5, 0.6) is 11.5 Å². The number of carbonyl (C=O) groups excluding carboxylic acids is 1. The Labute approximate surface area is 231 Å². The van der Waals surface area contributed by atoms with Crippen LogP contribution in [0.4, 0.5) is 5.13 Å². The molecule has 0 bridgehead atoms. The largest absolute Gasteiger partial charge is 0.457 e. The van der Waals surface area contributed by atoms with Crippen molar-refractivity contribution in [2.45, 2.75) is 11.4 Å². The Balaban J connectivity index is 1.21. The SMILES string of the molecule is CN(Cc1ccccc1)S(=O)(=O)c1ccc(C(=O)Nc2nc(-c3ccc(Oc4ccccc4)cc3)cs2)cc1. The third-order valence-corrected chi connectivity index (χ3v) is 8.50. The first-order chi connectivity index (χ1) is 18.9. The van der Waals surface area contributed by atoms with Crippen LogP contribution in [0.3, 0.4) is 0 Å². The van der Waals surface area contributed by atoms with E-state index < -0.39 is 10.0 Å². The van der Waals surface area contributed by atoms with Crippen molar-refractivity contribution in [1.29, 1.82) is 0 Å². The summed E-state index contributed by atoms with van der Waals surface area (Å²) >= 11 is 1.31. The van der Waals surface area contributed by atoms with Crippen molar-refractivity contribution >= 4 is 32.4 Å². The number of sulfonamides is 1. The minimum Gasteiger partial charge on any atom is -0.457 e. The zero-order chi connectivity index (χ0) is 27.2. The summed E-state index contributed by atoms with van der Waals surface area (Å²) in [6.07, 6.45) is 0. The van der Waals surface area contributed by atoms with Crippen LogP contribution in [0.15, 0.2) is 119 Å². The number of hydrogen-bond donors (Lipinski definition) is 1. The minimum absolute atomic E-state index is 0.119. The van der Waals surface area contributed by atoms with Gasteiger partial charge in [0.1, 0.15) is 11.5 Å². The number of carbonyl (C=O) groups is 1. The van der Waals surface area contributed by atoms with Gasteiger partial charge in [0.25, 0.3) is 5.91 Å². The quantitative estimate of drug-likeness (QED) is 0.219. The van der Waals surface area contributed by atoms with Crippen LogP contribution >= 0.6 is 11.3 Å². The lowest BCUT2D eigenvalue weighted by Gasteiger charge is -2.17. The van der Waals surface area contributed by atoms with Crippen LogP contribution in [0.1, 0.15) is 15.9 Å². The highest BCUT2D eigenvalue weighted by molar-refractivity contribution is 7.89. The average Bonchev–Trinajstić information content (AvgIpc) is 3.43. The number of anilines is 1. The zero-order valence-electron chi connectivity index (χ0n) is 21.0. The van der Waals surface area contributed by atoms with Crippen molar-refractivity contribution in [3.05, 3.63) is 126 Å². The van der Waals surface area contributed by atoms with E-state index in [2.05, 4.69) is 10.3 Å². The molecule has 1 amide bonds. The van der Waals surface area contributed by atoms with Crippen LogP contribution in [0, 0.1) is 0 Å². The summed E-state index contributed by atoms with van der Waals surface area (Å²) in [5, 5.41) is 5.10. The number of hydrogen-bond acceptors (Lipinski definition) is 6. The van der Waals surface area contributed by atoms with Crippen molar-refractivity contribution in [3.63, 3.8) is 0 Å². The first-order valence-electron chi connectivity index (χ1n) is 12.1. The molecule has 1 N–H and O–H groups in total. The summed E-state index contributed by atoms with van der Waals surface area (Å²) in [6, 6.07) is 32.3. The molecule has 0 radical (unpaired) electrons. The van der Waals surface area contributed by atoms with Crippen molar-refractivity contribution < 1.29 is 17.9 Å². The van der Waals surface area contributed by atoms with Gasteiger partial charge in [0.15, 0.2) is 5.13 Å². The van der Waals surface area contributed by atoms with Gasteiger partial charge < -0.3 is 4.74 Å². The topological polar surface area (TPSA) is 88.6 Å². The molecule has 0 aliphatic carbocycles. The summed E-state index contributed by atoms with van der Waals surface area (Å²) in [5.41, 5.74) is 2.84. The summed E-state index contributed by atoms with van der Waals surface area (Å²) in [5.74, 6) is 1.10. The van der Waals surface area contributed by atoms with Crippen LogP contribution in [0.2, 0.25) is 0 Å². The Morgan fingerprint density at radius 3 is 2.13 bits per heavy atom. The van der Waals surface area contributed by atoms with Gasteiger partial charge in [0.05, 0.1) is 10.6 Å². The maximum atomic E-state index is 13.0. The van der Waals surface area contributed by atoms with Crippen molar-refractivity contribution in [2.24, 2.45) is 0 Å². The third-order valence-electron chi connectivity index (χ3n) is 5.93. The van der Waals surface area contributed by atoms with Gasteiger partial charge in [-0.15, -0.1) is 11.3 Å². The maximum Gasteiger partial charge on any atom is 0.257 e. The number of benzene rings is 4. The number of thiazole rings is 1. The number of amides is 1. The predicted octanol–water partition coefficient (Wildman–Crippen LogP) is 6.68. The molecule has 0 aliphatic rings. The fourth-order valence-electron chi connectivity index (χ4n) is 3.84. The average molecular weight is 556 g/mol. The summed E-state index contributed by atoms with van der Waals surface area (Å²) < 4.78 is 33.1. The van der Waals surface area contributed by atoms with E-state index in [1.165, 1.54) is 47.0 Å². The van der Waals surface area contributed by atoms with Gasteiger partial charge >= 0.3 is 0 Å². The molecule has 0 fully saturated rings. The number of aromatic nitrogens is 1. The van der Waals surface area contributed by atoms with Crippen molar-refractivity contribution in [1.82, 2.24) is 9.29 Å². The molecule has 196 valence electrons. The molecule has 1 aromatic heterocycles. The van der Waals surface area contributed by atoms with Gasteiger partial charge in [0, 0.05) is 30.1 Å². The maximum absolute atomic E-state index is 13.0. The van der Waals surface area contributed by atoms with Crippen molar-refractivity contribution in [3.8, 4) is 22.8 Å². The van der Waals surface area contributed by atoms with Crippen molar-refractivity contribution in [2.75, 3.05) is 12.4 Å². The lowest BCUT2D eigenvalue weighted by Crippen LogP contribution is -2.26. The van der Waals surface area contributed by atoms with Crippen LogP contribution in [0.25, 0.3) is 11.3 Å². The standard InChI is InChI=1S/C30H25N3O4S2/c1-33(20-22-8-4-2-5-9-22)39(35,36)27-18-14-24(15-19-27)29(34)32-30-31-28(21-38-30)23-12-16-26(17-13-23)37-25-10-6-3-7-11-25/h2-19,21H,20H2,1H3,(H,31,32,34). The van der Waals surface area contributed by atoms with Gasteiger partial charge in [-0.05, 0) is 66.2 Å². The minimum atomic E-state index is -3.70. The number of para-hydroxylation sites is 1. The van der Waals surface area contributed by atoms with E-state index in [0.29, 0.717) is 16.4 Å². The second kappa shape index (κ2) is 11.6. The Kier molecular flexibility index (Phi) is 7.83. The van der Waals surface area contributed by atoms with Crippen LogP contribution in [-0.4, -0.2) is 30.7 Å². The molecule has 0 aliphatic heterocycles. The number of nitrogens with one attached hydrogen (secondary N) is 1. The van der Waals surface area contributed by atoms with Gasteiger partial charge in [-0.1, -0.05) is 48.5 Å². The number of rotatable bonds is 9. The Morgan fingerprint density at radius 1 is 0.846 bits per heavy atom. The fourth-order valence-corrected chi connectivity index (χ4v) is 5.71. The normalized spacial score (nSPS) is 11.3. The van der Waals surface area contributed by atoms with E-state index in [-0.39, 0.29) is 17.3 Å². The molecular formula is C30H25N3O4S2. The summed E-state index contributed by atoms with van der Waals surface area (Å²) in [6.45, 7) is 0.251. The summed E-state index contributed by atoms with van der Waals surface area (Å²) in [4.78, 5) is 17.4. The molecule has 7 nitrogen and oxygen atoms in total. The molecule has 39 heavy (non-hydrogen) atoms. The second-order valence-electron chi connectivity index (χ2n) is 8.70. The highest BCUT2D eigenvalue weighted by atomic mass is 32.2. The van der Waals surface area contributed by atoms with E-state index in [1.54, 1.807) is 0 Å². The van der Waals surface area contributed by atoms with E-state index in [0.717, 1.165) is 22.6 Å². The van der Waals surface area contributed by atoms with E-state index >= 15 is 0 Å². The highest BCUT2D eigenvalue weighted by Gasteiger charge is 2.21. The zero-order valence-corrected chi connectivity index (χ0v) is 22.7. The van der Waals surface area contributed by atoms with Gasteiger partial charge in [0.2, 0.25) is 10.0 Å². The third kappa shape index (κ3) is 6.40. The summed E-state index contributed by atoms with van der Waals surface area (Å²) in [7, 11) is -2.17. The fraction of sp³-hybridized carbons (Fsp3) is 0.0667. The first kappa shape index (κ1) is 26.3. The van der Waals surface area contributed by atoms with Gasteiger partial charge in [-0.2, -0.15) is 4.31 Å². The van der Waals surface area contributed by atoms with Gasteiger partial charge in [-0.25, -0.2) is 13.4 Å². The lowest BCUT2D eigenvalue weighted by molar-refractivity contribution is 0.102. The van der Waals surface area contributed by atoms with E-state index in [1.807, 2.05) is 90.3 Å². The first-order valence-corrected chi connectivity index (χ1v) is 14.4. The number of nitrogens with zero attached hydrogens (tertiary/aromatic N) is 2. The van der Waals surface area contributed by atoms with Crippen LogP contribution < -0.4 is 10.1 Å². The molecule has 0 saturated heterocycles. The molecule has 0 spiro atoms. The molecule has 9 heteroatoms. The lowest BCUT2D eigenvalue weighted by atomic mass is 10.2. The molecule has 0 saturated carbocycles. The van der Waals surface area contributed by atoms with E-state index in [4.69, 9.17) is 4.74 Å². The molecular weight excluding hydrogens is 530 g/mol. The predicted molar refractivity (Wildman–Crippen MR) is 154 cm³/mol.